The van der Waals surface area contributed by atoms with Crippen LogP contribution in [0, 0.1) is 0 Å². The van der Waals surface area contributed by atoms with Gasteiger partial charge in [-0.15, -0.1) is 0 Å². The van der Waals surface area contributed by atoms with E-state index in [2.05, 4.69) is 26.0 Å². The lowest BCUT2D eigenvalue weighted by molar-refractivity contribution is -0.141. The first-order chi connectivity index (χ1) is 13.5. The molecule has 1 saturated heterocycles. The number of rotatable bonds is 5. The van der Waals surface area contributed by atoms with E-state index in [1.54, 1.807) is 6.07 Å². The number of alkyl halides is 3. The van der Waals surface area contributed by atoms with Crippen LogP contribution in [-0.2, 0) is 32.2 Å². The average molecular weight is 498 g/mol. The molecule has 0 saturated carbocycles. The fourth-order valence-electron chi connectivity index (χ4n) is 3.26. The molecule has 160 valence electrons. The molecule has 0 spiro atoms. The predicted octanol–water partition coefficient (Wildman–Crippen LogP) is 3.75. The number of sulfone groups is 1. The van der Waals surface area contributed by atoms with E-state index in [1.165, 1.54) is 18.7 Å². The molecule has 0 bridgehead atoms. The van der Waals surface area contributed by atoms with Crippen molar-refractivity contribution < 1.29 is 31.1 Å². The molecule has 2 aromatic heterocycles. The lowest BCUT2D eigenvalue weighted by atomic mass is 9.95. The van der Waals surface area contributed by atoms with Crippen LogP contribution in [0.5, 0.6) is 0 Å². The molecule has 29 heavy (non-hydrogen) atoms. The Bertz CT molecular complexity index is 996. The van der Waals surface area contributed by atoms with Gasteiger partial charge in [0.25, 0.3) is 0 Å². The van der Waals surface area contributed by atoms with Gasteiger partial charge in [0, 0.05) is 13.7 Å². The fourth-order valence-corrected chi connectivity index (χ4v) is 5.39. The predicted molar refractivity (Wildman–Crippen MR) is 99.7 cm³/mol. The molecule has 1 aliphatic heterocycles. The van der Waals surface area contributed by atoms with E-state index >= 15 is 0 Å². The summed E-state index contributed by atoms with van der Waals surface area (Å²) < 4.78 is 77.0. The summed E-state index contributed by atoms with van der Waals surface area (Å²) >= 11 is 3.27. The maximum atomic E-state index is 13.2. The number of aromatic nitrogens is 3. The van der Waals surface area contributed by atoms with Gasteiger partial charge in [-0.2, -0.15) is 18.3 Å². The minimum absolute atomic E-state index is 0.0368. The Morgan fingerprint density at radius 3 is 2.79 bits per heavy atom. The van der Waals surface area contributed by atoms with E-state index in [9.17, 15) is 21.6 Å². The van der Waals surface area contributed by atoms with Gasteiger partial charge in [-0.05, 0) is 53.9 Å². The molecule has 0 radical (unpaired) electrons. The van der Waals surface area contributed by atoms with Crippen molar-refractivity contribution in [2.75, 3.05) is 13.7 Å². The molecule has 2 aromatic rings. The summed E-state index contributed by atoms with van der Waals surface area (Å²) in [5, 5.41) is 3.63. The molecule has 2 atom stereocenters. The second-order valence-corrected chi connectivity index (χ2v) is 10.2. The highest BCUT2D eigenvalue weighted by Gasteiger charge is 2.47. The topological polar surface area (TPSA) is 83.3 Å². The molecule has 0 aromatic carbocycles. The van der Waals surface area contributed by atoms with Gasteiger partial charge in [0.05, 0.1) is 10.4 Å². The number of pyridine rings is 1. The minimum atomic E-state index is -4.73. The van der Waals surface area contributed by atoms with Gasteiger partial charge < -0.3 is 9.47 Å². The Morgan fingerprint density at radius 2 is 2.14 bits per heavy atom. The first-order valence-corrected chi connectivity index (χ1v) is 10.9. The van der Waals surface area contributed by atoms with E-state index in [1.807, 2.05) is 0 Å². The van der Waals surface area contributed by atoms with Crippen molar-refractivity contribution in [2.45, 2.75) is 48.5 Å². The molecule has 0 N–H and O–H groups in total. The first-order valence-electron chi connectivity index (χ1n) is 8.60. The Balaban J connectivity index is 1.96. The maximum Gasteiger partial charge on any atom is 0.433 e. The zero-order valence-electron chi connectivity index (χ0n) is 15.6. The number of hydrogen-bond acceptors (Lipinski definition) is 6. The maximum absolute atomic E-state index is 13.2. The Hall–Kier alpha value is -1.50. The van der Waals surface area contributed by atoms with Gasteiger partial charge in [-0.25, -0.2) is 18.1 Å². The zero-order chi connectivity index (χ0) is 21.4. The molecule has 0 amide bonds. The first kappa shape index (κ1) is 22.2. The third-order valence-electron chi connectivity index (χ3n) is 4.87. The van der Waals surface area contributed by atoms with Crippen molar-refractivity contribution in [3.05, 3.63) is 40.3 Å². The van der Waals surface area contributed by atoms with Crippen molar-refractivity contribution in [1.29, 1.82) is 0 Å². The normalized spacial score (nSPS) is 23.3. The molecule has 2 unspecified atom stereocenters. The van der Waals surface area contributed by atoms with Gasteiger partial charge in [0.2, 0.25) is 9.84 Å². The quantitative estimate of drug-likeness (QED) is 0.625. The molecular weight excluding hydrogens is 479 g/mol. The highest BCUT2D eigenvalue weighted by Crippen LogP contribution is 2.42. The van der Waals surface area contributed by atoms with Crippen LogP contribution in [0.4, 0.5) is 13.2 Å². The van der Waals surface area contributed by atoms with E-state index in [-0.39, 0.29) is 26.2 Å². The summed E-state index contributed by atoms with van der Waals surface area (Å²) in [6, 6.07) is 4.58. The molecule has 3 heterocycles. The summed E-state index contributed by atoms with van der Waals surface area (Å²) in [7, 11) is -2.67. The summed E-state index contributed by atoms with van der Waals surface area (Å²) in [5.74, 6) is 0. The monoisotopic (exact) mass is 497 g/mol. The van der Waals surface area contributed by atoms with Crippen molar-refractivity contribution in [1.82, 2.24) is 14.8 Å². The van der Waals surface area contributed by atoms with E-state index in [0.29, 0.717) is 10.3 Å². The van der Waals surface area contributed by atoms with E-state index in [4.69, 9.17) is 9.47 Å². The van der Waals surface area contributed by atoms with Gasteiger partial charge in [0.1, 0.15) is 23.1 Å². The number of ether oxygens (including phenoxy) is 2. The molecule has 3 rings (SSSR count). The second kappa shape index (κ2) is 7.97. The van der Waals surface area contributed by atoms with Crippen LogP contribution in [0.2, 0.25) is 0 Å². The zero-order valence-corrected chi connectivity index (χ0v) is 18.0. The largest absolute Gasteiger partial charge is 0.433 e. The third-order valence-corrected chi connectivity index (χ3v) is 7.70. The summed E-state index contributed by atoms with van der Waals surface area (Å²) in [6.45, 7) is 1.76. The van der Waals surface area contributed by atoms with Crippen molar-refractivity contribution in [3.8, 4) is 0 Å². The third kappa shape index (κ3) is 4.35. The van der Waals surface area contributed by atoms with Crippen LogP contribution in [0.15, 0.2) is 33.9 Å². The van der Waals surface area contributed by atoms with Crippen LogP contribution < -0.4 is 0 Å². The lowest BCUT2D eigenvalue weighted by Gasteiger charge is -2.37. The van der Waals surface area contributed by atoms with E-state index in [0.717, 1.165) is 18.2 Å². The standard InChI is InChI=1S/C17H19BrF3N3O4S/c1-16(29(25,26)15-5-3-4-13(22-15)17(19,20)21)6-7-28-12(9-16)11-8-14(18)23-24(11)10-27-2/h3-5,8,12H,6-7,9-10H2,1-2H3. The SMILES string of the molecule is COCn1nc(Br)cc1C1CC(C)(S(=O)(=O)c2cccc(C(F)(F)F)n2)CCO1. The van der Waals surface area contributed by atoms with Crippen molar-refractivity contribution >= 4 is 25.8 Å². The number of methoxy groups -OCH3 is 1. The second-order valence-electron chi connectivity index (χ2n) is 6.93. The smallest absolute Gasteiger partial charge is 0.372 e. The molecule has 0 aliphatic carbocycles. The Labute approximate surface area is 174 Å². The van der Waals surface area contributed by atoms with Crippen molar-refractivity contribution in [2.24, 2.45) is 0 Å². The fraction of sp³-hybridized carbons (Fsp3) is 0.529. The lowest BCUT2D eigenvalue weighted by Crippen LogP contribution is -2.43. The number of hydrogen-bond donors (Lipinski definition) is 0. The van der Waals surface area contributed by atoms with Crippen LogP contribution in [0.25, 0.3) is 0 Å². The molecule has 1 fully saturated rings. The van der Waals surface area contributed by atoms with Crippen LogP contribution in [-0.4, -0.2) is 41.6 Å². The molecule has 7 nitrogen and oxygen atoms in total. The number of halogens is 4. The van der Waals surface area contributed by atoms with Gasteiger partial charge in [0.15, 0.2) is 5.03 Å². The average Bonchev–Trinajstić information content (AvgIpc) is 3.02. The van der Waals surface area contributed by atoms with Gasteiger partial charge >= 0.3 is 6.18 Å². The molecular formula is C17H19BrF3N3O4S. The minimum Gasteiger partial charge on any atom is -0.372 e. The summed E-state index contributed by atoms with van der Waals surface area (Å²) in [4.78, 5) is 3.39. The Morgan fingerprint density at radius 1 is 1.41 bits per heavy atom. The van der Waals surface area contributed by atoms with Crippen molar-refractivity contribution in [3.63, 3.8) is 0 Å². The molecule has 1 aliphatic rings. The summed E-state index contributed by atoms with van der Waals surface area (Å²) in [6.07, 6.45) is -5.19. The highest BCUT2D eigenvalue weighted by molar-refractivity contribution is 9.10. The summed E-state index contributed by atoms with van der Waals surface area (Å²) in [5.41, 5.74) is -0.635. The van der Waals surface area contributed by atoms with Gasteiger partial charge in [-0.3, -0.25) is 0 Å². The van der Waals surface area contributed by atoms with Crippen LogP contribution >= 0.6 is 15.9 Å². The van der Waals surface area contributed by atoms with Gasteiger partial charge in [-0.1, -0.05) is 6.07 Å². The Kier molecular flexibility index (Phi) is 6.10. The highest BCUT2D eigenvalue weighted by atomic mass is 79.9. The molecule has 12 heteroatoms. The van der Waals surface area contributed by atoms with Crippen LogP contribution in [0.1, 0.15) is 37.3 Å². The van der Waals surface area contributed by atoms with E-state index < -0.39 is 37.6 Å². The van der Waals surface area contributed by atoms with Crippen LogP contribution in [0.3, 0.4) is 0 Å². The number of nitrogens with zero attached hydrogens (tertiary/aromatic N) is 3.